The highest BCUT2D eigenvalue weighted by Gasteiger charge is 2.30. The fourth-order valence-corrected chi connectivity index (χ4v) is 4.71. The summed E-state index contributed by atoms with van der Waals surface area (Å²) in [5.41, 5.74) is 3.17. The Bertz CT molecular complexity index is 927. The van der Waals surface area contributed by atoms with Crippen molar-refractivity contribution in [3.63, 3.8) is 0 Å². The van der Waals surface area contributed by atoms with E-state index in [0.717, 1.165) is 16.7 Å². The number of carbonyl (C=O) groups excluding carboxylic acids is 1. The number of carbonyl (C=O) groups is 1. The highest BCUT2D eigenvalue weighted by molar-refractivity contribution is 7.89. The topological polar surface area (TPSA) is 66.9 Å². The Morgan fingerprint density at radius 2 is 1.46 bits per heavy atom. The zero-order valence-corrected chi connectivity index (χ0v) is 17.3. The summed E-state index contributed by atoms with van der Waals surface area (Å²) in [5, 5.41) is 0. The van der Waals surface area contributed by atoms with Crippen molar-refractivity contribution in [2.45, 2.75) is 25.7 Å². The van der Waals surface area contributed by atoms with Crippen molar-refractivity contribution >= 4 is 15.9 Å². The van der Waals surface area contributed by atoms with E-state index in [2.05, 4.69) is 0 Å². The van der Waals surface area contributed by atoms with Gasteiger partial charge in [0.2, 0.25) is 10.0 Å². The highest BCUT2D eigenvalue weighted by Crippen LogP contribution is 2.19. The molecule has 0 aromatic heterocycles. The van der Waals surface area contributed by atoms with Crippen LogP contribution in [-0.4, -0.2) is 56.3 Å². The maximum Gasteiger partial charge on any atom is 0.260 e. The molecule has 1 saturated heterocycles. The van der Waals surface area contributed by atoms with Gasteiger partial charge in [0.1, 0.15) is 5.75 Å². The average molecular weight is 403 g/mol. The fraction of sp³-hybridized carbons (Fsp3) is 0.381. The van der Waals surface area contributed by atoms with Crippen molar-refractivity contribution in [1.82, 2.24) is 9.21 Å². The van der Waals surface area contributed by atoms with Crippen molar-refractivity contribution in [3.8, 4) is 5.75 Å². The molecule has 0 saturated carbocycles. The van der Waals surface area contributed by atoms with Crippen LogP contribution in [0.25, 0.3) is 0 Å². The first-order valence-corrected chi connectivity index (χ1v) is 10.8. The standard InChI is InChI=1S/C21H26N2O4S/c1-16-4-6-20(7-5-16)28(25,26)23-10-8-22(9-11-23)21(24)15-27-19-13-17(2)12-18(3)14-19/h4-7,12-14H,8-11,15H2,1-3H3. The van der Waals surface area contributed by atoms with Gasteiger partial charge in [0, 0.05) is 26.2 Å². The van der Waals surface area contributed by atoms with Crippen LogP contribution in [0.3, 0.4) is 0 Å². The van der Waals surface area contributed by atoms with E-state index in [-0.39, 0.29) is 30.5 Å². The molecule has 0 atom stereocenters. The summed E-state index contributed by atoms with van der Waals surface area (Å²) in [6.07, 6.45) is 0. The molecule has 1 heterocycles. The number of nitrogens with zero attached hydrogens (tertiary/aromatic N) is 2. The smallest absolute Gasteiger partial charge is 0.260 e. The summed E-state index contributed by atoms with van der Waals surface area (Å²) < 4.78 is 32.6. The van der Waals surface area contributed by atoms with Gasteiger partial charge in [-0.2, -0.15) is 4.31 Å². The molecule has 0 N–H and O–H groups in total. The van der Waals surface area contributed by atoms with Crippen molar-refractivity contribution in [2.24, 2.45) is 0 Å². The van der Waals surface area contributed by atoms with Gasteiger partial charge < -0.3 is 9.64 Å². The maximum atomic E-state index is 12.7. The van der Waals surface area contributed by atoms with E-state index < -0.39 is 10.0 Å². The van der Waals surface area contributed by atoms with Gasteiger partial charge in [-0.3, -0.25) is 4.79 Å². The Morgan fingerprint density at radius 1 is 0.893 bits per heavy atom. The quantitative estimate of drug-likeness (QED) is 0.771. The second kappa shape index (κ2) is 8.32. The van der Waals surface area contributed by atoms with E-state index in [1.54, 1.807) is 29.2 Å². The molecule has 3 rings (SSSR count). The fourth-order valence-electron chi connectivity index (χ4n) is 3.29. The normalized spacial score (nSPS) is 15.5. The molecule has 1 aliphatic rings. The molecule has 1 fully saturated rings. The van der Waals surface area contributed by atoms with Gasteiger partial charge >= 0.3 is 0 Å². The van der Waals surface area contributed by atoms with Crippen LogP contribution < -0.4 is 4.74 Å². The summed E-state index contributed by atoms with van der Waals surface area (Å²) in [4.78, 5) is 14.4. The van der Waals surface area contributed by atoms with Crippen LogP contribution in [0.4, 0.5) is 0 Å². The molecule has 7 heteroatoms. The van der Waals surface area contributed by atoms with E-state index in [0.29, 0.717) is 18.8 Å². The minimum absolute atomic E-state index is 0.0480. The molecule has 2 aromatic rings. The SMILES string of the molecule is Cc1ccc(S(=O)(=O)N2CCN(C(=O)COc3cc(C)cc(C)c3)CC2)cc1. The number of aryl methyl sites for hydroxylation is 3. The zero-order valence-electron chi connectivity index (χ0n) is 16.5. The molecule has 2 aromatic carbocycles. The van der Waals surface area contributed by atoms with E-state index in [1.807, 2.05) is 39.0 Å². The van der Waals surface area contributed by atoms with E-state index in [9.17, 15) is 13.2 Å². The third-order valence-electron chi connectivity index (χ3n) is 4.81. The van der Waals surface area contributed by atoms with E-state index >= 15 is 0 Å². The van der Waals surface area contributed by atoms with Gasteiger partial charge in [-0.25, -0.2) is 8.42 Å². The van der Waals surface area contributed by atoms with Crippen molar-refractivity contribution < 1.29 is 17.9 Å². The van der Waals surface area contributed by atoms with Crippen molar-refractivity contribution in [2.75, 3.05) is 32.8 Å². The minimum Gasteiger partial charge on any atom is -0.484 e. The Kier molecular flexibility index (Phi) is 6.05. The summed E-state index contributed by atoms with van der Waals surface area (Å²) in [6, 6.07) is 12.7. The van der Waals surface area contributed by atoms with Crippen LogP contribution in [0.15, 0.2) is 47.4 Å². The number of benzene rings is 2. The summed E-state index contributed by atoms with van der Waals surface area (Å²) in [6.45, 7) is 7.12. The van der Waals surface area contributed by atoms with Crippen molar-refractivity contribution in [3.05, 3.63) is 59.2 Å². The molecule has 0 bridgehead atoms. The number of hydrogen-bond acceptors (Lipinski definition) is 4. The van der Waals surface area contributed by atoms with Gasteiger partial charge in [-0.05, 0) is 56.2 Å². The van der Waals surface area contributed by atoms with Gasteiger partial charge in [0.25, 0.3) is 5.91 Å². The second-order valence-electron chi connectivity index (χ2n) is 7.21. The van der Waals surface area contributed by atoms with Crippen LogP contribution in [0, 0.1) is 20.8 Å². The number of piperazine rings is 1. The monoisotopic (exact) mass is 402 g/mol. The van der Waals surface area contributed by atoms with Gasteiger partial charge in [-0.15, -0.1) is 0 Å². The van der Waals surface area contributed by atoms with Gasteiger partial charge in [0.05, 0.1) is 4.90 Å². The second-order valence-corrected chi connectivity index (χ2v) is 9.15. The summed E-state index contributed by atoms with van der Waals surface area (Å²) in [7, 11) is -3.53. The van der Waals surface area contributed by atoms with Crippen LogP contribution in [-0.2, 0) is 14.8 Å². The largest absolute Gasteiger partial charge is 0.484 e. The first kappa shape index (κ1) is 20.4. The Morgan fingerprint density at radius 3 is 2.04 bits per heavy atom. The van der Waals surface area contributed by atoms with E-state index in [1.165, 1.54) is 4.31 Å². The van der Waals surface area contributed by atoms with Crippen LogP contribution in [0.5, 0.6) is 5.75 Å². The lowest BCUT2D eigenvalue weighted by molar-refractivity contribution is -0.134. The minimum atomic E-state index is -3.53. The lowest BCUT2D eigenvalue weighted by Gasteiger charge is -2.34. The Labute approximate surface area is 166 Å². The molecular formula is C21H26N2O4S. The first-order chi connectivity index (χ1) is 13.3. The Balaban J connectivity index is 1.55. The molecule has 0 aliphatic carbocycles. The first-order valence-electron chi connectivity index (χ1n) is 9.31. The molecule has 0 spiro atoms. The molecule has 6 nitrogen and oxygen atoms in total. The lowest BCUT2D eigenvalue weighted by Crippen LogP contribution is -2.51. The van der Waals surface area contributed by atoms with Gasteiger partial charge in [-0.1, -0.05) is 23.8 Å². The van der Waals surface area contributed by atoms with Gasteiger partial charge in [0.15, 0.2) is 6.61 Å². The average Bonchev–Trinajstić information content (AvgIpc) is 2.66. The predicted octanol–water partition coefficient (Wildman–Crippen LogP) is 2.52. The molecule has 150 valence electrons. The number of hydrogen-bond donors (Lipinski definition) is 0. The third-order valence-corrected chi connectivity index (χ3v) is 6.72. The summed E-state index contributed by atoms with van der Waals surface area (Å²) in [5.74, 6) is 0.540. The van der Waals surface area contributed by atoms with Crippen LogP contribution >= 0.6 is 0 Å². The number of ether oxygens (including phenoxy) is 1. The maximum absolute atomic E-state index is 12.7. The van der Waals surface area contributed by atoms with Crippen LogP contribution in [0.2, 0.25) is 0 Å². The highest BCUT2D eigenvalue weighted by atomic mass is 32.2. The summed E-state index contributed by atoms with van der Waals surface area (Å²) >= 11 is 0. The van der Waals surface area contributed by atoms with Crippen LogP contribution in [0.1, 0.15) is 16.7 Å². The molecule has 0 unspecified atom stereocenters. The zero-order chi connectivity index (χ0) is 20.3. The number of sulfonamides is 1. The molecule has 0 radical (unpaired) electrons. The van der Waals surface area contributed by atoms with Crippen molar-refractivity contribution in [1.29, 1.82) is 0 Å². The molecule has 1 amide bonds. The number of rotatable bonds is 5. The third kappa shape index (κ3) is 4.72. The molecule has 1 aliphatic heterocycles. The van der Waals surface area contributed by atoms with E-state index in [4.69, 9.17) is 4.74 Å². The predicted molar refractivity (Wildman–Crippen MR) is 108 cm³/mol. The lowest BCUT2D eigenvalue weighted by atomic mass is 10.1. The Hall–Kier alpha value is -2.38. The number of amides is 1. The molecule has 28 heavy (non-hydrogen) atoms. The molecular weight excluding hydrogens is 376 g/mol.